The number of ether oxygens (including phenoxy) is 3. The molecule has 0 saturated carbocycles. The first kappa shape index (κ1) is 19.7. The second-order valence-electron chi connectivity index (χ2n) is 7.47. The summed E-state index contributed by atoms with van der Waals surface area (Å²) in [4.78, 5) is 10.6. The van der Waals surface area contributed by atoms with Crippen LogP contribution >= 0.6 is 0 Å². The van der Waals surface area contributed by atoms with Crippen LogP contribution in [0.2, 0.25) is 0 Å². The van der Waals surface area contributed by atoms with Gasteiger partial charge in [-0.3, -0.25) is 0 Å². The molecule has 0 aliphatic carbocycles. The van der Waals surface area contributed by atoms with Gasteiger partial charge in [0, 0.05) is 0 Å². The highest BCUT2D eigenvalue weighted by molar-refractivity contribution is 5.68. The largest absolute Gasteiger partial charge is 0.502 e. The van der Waals surface area contributed by atoms with Crippen molar-refractivity contribution in [2.75, 3.05) is 13.2 Å². The Labute approximate surface area is 161 Å². The van der Waals surface area contributed by atoms with Crippen molar-refractivity contribution in [3.63, 3.8) is 0 Å². The molecule has 2 bridgehead atoms. The summed E-state index contributed by atoms with van der Waals surface area (Å²) in [7, 11) is 0. The summed E-state index contributed by atoms with van der Waals surface area (Å²) in [5.41, 5.74) is 1.24. The molecule has 1 aromatic rings. The van der Waals surface area contributed by atoms with Crippen molar-refractivity contribution in [1.29, 1.82) is 0 Å². The van der Waals surface area contributed by atoms with Gasteiger partial charge in [-0.25, -0.2) is 4.79 Å². The van der Waals surface area contributed by atoms with E-state index >= 15 is 0 Å². The molecule has 2 unspecified atom stereocenters. The fraction of sp³-hybridized carbons (Fsp3) is 0.591. The average molecular weight is 374 g/mol. The Kier molecular flexibility index (Phi) is 7.16. The molecule has 2 heterocycles. The Bertz CT molecular complexity index is 624. The molecule has 3 rings (SSSR count). The molecule has 2 fully saturated rings. The monoisotopic (exact) mass is 374 g/mol. The Balaban J connectivity index is 1.52. The number of aliphatic carboxylic acids is 1. The van der Waals surface area contributed by atoms with Gasteiger partial charge in [-0.05, 0) is 67.7 Å². The molecular weight excluding hydrogens is 344 g/mol. The molecule has 0 aromatic heterocycles. The molecule has 27 heavy (non-hydrogen) atoms. The Morgan fingerprint density at radius 1 is 1.22 bits per heavy atom. The number of allylic oxidation sites excluding steroid dienone is 1. The van der Waals surface area contributed by atoms with E-state index in [0.29, 0.717) is 29.8 Å². The van der Waals surface area contributed by atoms with E-state index < -0.39 is 5.97 Å². The first-order chi connectivity index (χ1) is 13.2. The van der Waals surface area contributed by atoms with Crippen molar-refractivity contribution in [1.82, 2.24) is 0 Å². The van der Waals surface area contributed by atoms with Crippen molar-refractivity contribution in [3.05, 3.63) is 42.2 Å². The third-order valence-corrected chi connectivity index (χ3v) is 5.56. The summed E-state index contributed by atoms with van der Waals surface area (Å²) in [6.45, 7) is 2.59. The summed E-state index contributed by atoms with van der Waals surface area (Å²) in [5, 5.41) is 8.69. The highest BCUT2D eigenvalue weighted by atomic mass is 16.5. The lowest BCUT2D eigenvalue weighted by molar-refractivity contribution is -0.139. The number of carboxylic acids is 1. The number of hydrogen-bond donors (Lipinski definition) is 1. The fourth-order valence-corrected chi connectivity index (χ4v) is 4.27. The molecule has 0 radical (unpaired) electrons. The average Bonchev–Trinajstić information content (AvgIpc) is 3.26. The number of carboxylic acid groups (broad SMARTS) is 1. The SMILES string of the molecule is CCCC=COCCC1C2CC[C@@H](O2)[C@@H]1Cc1ccc(OCC(=O)O)cc1. The van der Waals surface area contributed by atoms with Gasteiger partial charge < -0.3 is 19.3 Å². The molecular formula is C22H30O5. The minimum absolute atomic E-state index is 0.311. The van der Waals surface area contributed by atoms with Crippen LogP contribution < -0.4 is 4.74 Å². The van der Waals surface area contributed by atoms with Gasteiger partial charge in [0.15, 0.2) is 6.61 Å². The summed E-state index contributed by atoms with van der Waals surface area (Å²) >= 11 is 0. The molecule has 148 valence electrons. The Hall–Kier alpha value is -2.01. The zero-order valence-electron chi connectivity index (χ0n) is 16.0. The smallest absolute Gasteiger partial charge is 0.341 e. The zero-order valence-corrected chi connectivity index (χ0v) is 16.0. The molecule has 4 atom stereocenters. The molecule has 1 N–H and O–H groups in total. The van der Waals surface area contributed by atoms with Gasteiger partial charge in [-0.1, -0.05) is 25.5 Å². The molecule has 0 spiro atoms. The molecule has 5 nitrogen and oxygen atoms in total. The third kappa shape index (κ3) is 5.48. The lowest BCUT2D eigenvalue weighted by atomic mass is 9.75. The summed E-state index contributed by atoms with van der Waals surface area (Å²) in [5.74, 6) is 0.700. The van der Waals surface area contributed by atoms with Crippen LogP contribution in [0.15, 0.2) is 36.6 Å². The van der Waals surface area contributed by atoms with E-state index in [-0.39, 0.29) is 6.61 Å². The van der Waals surface area contributed by atoms with Crippen LogP contribution in [0.25, 0.3) is 0 Å². The van der Waals surface area contributed by atoms with E-state index in [2.05, 4.69) is 13.0 Å². The van der Waals surface area contributed by atoms with Crippen molar-refractivity contribution in [2.24, 2.45) is 11.8 Å². The van der Waals surface area contributed by atoms with Crippen LogP contribution in [-0.2, 0) is 20.7 Å². The topological polar surface area (TPSA) is 65.0 Å². The van der Waals surface area contributed by atoms with Crippen LogP contribution in [-0.4, -0.2) is 36.5 Å². The number of carbonyl (C=O) groups is 1. The van der Waals surface area contributed by atoms with E-state index in [1.807, 2.05) is 30.5 Å². The molecule has 2 aliphatic rings. The number of benzene rings is 1. The van der Waals surface area contributed by atoms with Crippen LogP contribution in [0.5, 0.6) is 5.75 Å². The first-order valence-electron chi connectivity index (χ1n) is 10.0. The third-order valence-electron chi connectivity index (χ3n) is 5.56. The number of hydrogen-bond acceptors (Lipinski definition) is 4. The van der Waals surface area contributed by atoms with Crippen LogP contribution in [0, 0.1) is 11.8 Å². The number of rotatable bonds is 11. The maximum Gasteiger partial charge on any atom is 0.341 e. The molecule has 5 heteroatoms. The summed E-state index contributed by atoms with van der Waals surface area (Å²) in [6, 6.07) is 7.76. The zero-order chi connectivity index (χ0) is 19.1. The maximum absolute atomic E-state index is 10.6. The van der Waals surface area contributed by atoms with E-state index in [9.17, 15) is 4.79 Å². The highest BCUT2D eigenvalue weighted by Crippen LogP contribution is 2.46. The minimum atomic E-state index is -0.965. The molecule has 1 aromatic carbocycles. The normalized spacial score (nSPS) is 26.6. The van der Waals surface area contributed by atoms with Crippen molar-refractivity contribution in [3.8, 4) is 5.75 Å². The molecule has 0 amide bonds. The van der Waals surface area contributed by atoms with Crippen molar-refractivity contribution in [2.45, 2.75) is 57.7 Å². The fourth-order valence-electron chi connectivity index (χ4n) is 4.27. The highest BCUT2D eigenvalue weighted by Gasteiger charge is 2.48. The van der Waals surface area contributed by atoms with Gasteiger partial charge in [-0.15, -0.1) is 0 Å². The van der Waals surface area contributed by atoms with E-state index in [1.165, 1.54) is 12.0 Å². The van der Waals surface area contributed by atoms with Gasteiger partial charge in [0.2, 0.25) is 0 Å². The predicted octanol–water partition coefficient (Wildman–Crippen LogP) is 4.21. The van der Waals surface area contributed by atoms with E-state index in [1.54, 1.807) is 0 Å². The van der Waals surface area contributed by atoms with Gasteiger partial charge in [0.05, 0.1) is 25.1 Å². The van der Waals surface area contributed by atoms with Crippen LogP contribution in [0.3, 0.4) is 0 Å². The Morgan fingerprint density at radius 2 is 1.96 bits per heavy atom. The second kappa shape index (κ2) is 9.79. The van der Waals surface area contributed by atoms with E-state index in [4.69, 9.17) is 19.3 Å². The van der Waals surface area contributed by atoms with Gasteiger partial charge in [0.1, 0.15) is 5.75 Å². The van der Waals surface area contributed by atoms with Gasteiger partial charge in [0.25, 0.3) is 0 Å². The Morgan fingerprint density at radius 3 is 2.67 bits per heavy atom. The number of fused-ring (bicyclic) bond motifs is 2. The van der Waals surface area contributed by atoms with Crippen LogP contribution in [0.4, 0.5) is 0 Å². The second-order valence-corrected chi connectivity index (χ2v) is 7.47. The summed E-state index contributed by atoms with van der Waals surface area (Å²) in [6.07, 6.45) is 11.2. The van der Waals surface area contributed by atoms with Gasteiger partial charge in [-0.2, -0.15) is 0 Å². The van der Waals surface area contributed by atoms with Crippen molar-refractivity contribution < 1.29 is 24.1 Å². The van der Waals surface area contributed by atoms with Crippen LogP contribution in [0.1, 0.15) is 44.6 Å². The molecule has 2 saturated heterocycles. The lowest BCUT2D eigenvalue weighted by Gasteiger charge is -2.28. The van der Waals surface area contributed by atoms with Crippen molar-refractivity contribution >= 4 is 5.97 Å². The lowest BCUT2D eigenvalue weighted by Crippen LogP contribution is -2.29. The standard InChI is InChI=1S/C22H30O5/c1-2-3-4-12-25-13-11-18-19(21-10-9-20(18)27-21)14-16-5-7-17(8-6-16)26-15-22(23)24/h4-8,12,18-21H,2-3,9-11,13-15H2,1H3,(H,23,24)/t18?,19-,20?,21-/m1/s1. The van der Waals surface area contributed by atoms with E-state index in [0.717, 1.165) is 38.7 Å². The molecule has 2 aliphatic heterocycles. The number of unbranched alkanes of at least 4 members (excludes halogenated alkanes) is 1. The first-order valence-corrected chi connectivity index (χ1v) is 10.0. The predicted molar refractivity (Wildman–Crippen MR) is 103 cm³/mol. The minimum Gasteiger partial charge on any atom is -0.502 e. The quantitative estimate of drug-likeness (QED) is 0.464. The maximum atomic E-state index is 10.6. The van der Waals surface area contributed by atoms with Gasteiger partial charge >= 0.3 is 5.97 Å². The summed E-state index contributed by atoms with van der Waals surface area (Å²) < 4.78 is 17.1.